The molecular formula is C14H17N3O3. The Morgan fingerprint density at radius 3 is 3.00 bits per heavy atom. The van der Waals surface area contributed by atoms with Crippen molar-refractivity contribution in [3.8, 4) is 0 Å². The third-order valence-corrected chi connectivity index (χ3v) is 3.90. The SMILES string of the molecule is NC(=O)c1ccccc1N[C@H]1CCN2C(=O)OC[C@@H]2C1. The highest BCUT2D eigenvalue weighted by Gasteiger charge is 2.38. The molecule has 0 radical (unpaired) electrons. The first-order valence-corrected chi connectivity index (χ1v) is 6.74. The van der Waals surface area contributed by atoms with E-state index in [0.29, 0.717) is 18.7 Å². The van der Waals surface area contributed by atoms with Gasteiger partial charge in [0.05, 0.1) is 11.6 Å². The van der Waals surface area contributed by atoms with Crippen LogP contribution in [0.5, 0.6) is 0 Å². The number of nitrogens with zero attached hydrogens (tertiary/aromatic N) is 1. The number of cyclic esters (lactones) is 1. The Kier molecular flexibility index (Phi) is 3.22. The summed E-state index contributed by atoms with van der Waals surface area (Å²) in [5, 5.41) is 3.36. The Balaban J connectivity index is 1.70. The number of piperidine rings is 1. The molecule has 1 aromatic rings. The van der Waals surface area contributed by atoms with Gasteiger partial charge in [-0.25, -0.2) is 4.79 Å². The lowest BCUT2D eigenvalue weighted by atomic mass is 9.98. The van der Waals surface area contributed by atoms with Gasteiger partial charge in [-0.1, -0.05) is 12.1 Å². The second-order valence-corrected chi connectivity index (χ2v) is 5.20. The van der Waals surface area contributed by atoms with E-state index in [0.717, 1.165) is 18.5 Å². The van der Waals surface area contributed by atoms with Crippen molar-refractivity contribution < 1.29 is 14.3 Å². The number of carbonyl (C=O) groups excluding carboxylic acids is 2. The van der Waals surface area contributed by atoms with Gasteiger partial charge in [-0.05, 0) is 25.0 Å². The fourth-order valence-electron chi connectivity index (χ4n) is 2.87. The average molecular weight is 275 g/mol. The summed E-state index contributed by atoms with van der Waals surface area (Å²) >= 11 is 0. The van der Waals surface area contributed by atoms with Gasteiger partial charge in [0, 0.05) is 18.3 Å². The van der Waals surface area contributed by atoms with Crippen LogP contribution in [0.1, 0.15) is 23.2 Å². The molecule has 2 amide bonds. The normalized spacial score (nSPS) is 25.0. The zero-order valence-electron chi connectivity index (χ0n) is 11.0. The van der Waals surface area contributed by atoms with Gasteiger partial charge in [0.1, 0.15) is 6.61 Å². The number of nitrogens with two attached hydrogens (primary N) is 1. The van der Waals surface area contributed by atoms with E-state index >= 15 is 0 Å². The molecule has 2 aliphatic rings. The largest absolute Gasteiger partial charge is 0.447 e. The highest BCUT2D eigenvalue weighted by atomic mass is 16.6. The first-order valence-electron chi connectivity index (χ1n) is 6.74. The van der Waals surface area contributed by atoms with Gasteiger partial charge in [0.15, 0.2) is 0 Å². The number of primary amides is 1. The fourth-order valence-corrected chi connectivity index (χ4v) is 2.87. The summed E-state index contributed by atoms with van der Waals surface area (Å²) in [7, 11) is 0. The lowest BCUT2D eigenvalue weighted by Gasteiger charge is -2.33. The molecule has 2 fully saturated rings. The summed E-state index contributed by atoms with van der Waals surface area (Å²) < 4.78 is 5.05. The van der Waals surface area contributed by atoms with Crippen LogP contribution in [0.4, 0.5) is 10.5 Å². The molecule has 0 spiro atoms. The highest BCUT2D eigenvalue weighted by Crippen LogP contribution is 2.26. The van der Waals surface area contributed by atoms with Crippen molar-refractivity contribution in [2.45, 2.75) is 24.9 Å². The van der Waals surface area contributed by atoms with E-state index in [1.165, 1.54) is 0 Å². The van der Waals surface area contributed by atoms with Crippen molar-refractivity contribution in [3.63, 3.8) is 0 Å². The molecule has 106 valence electrons. The molecule has 0 unspecified atom stereocenters. The Bertz CT molecular complexity index is 546. The lowest BCUT2D eigenvalue weighted by Crippen LogP contribution is -2.45. The van der Waals surface area contributed by atoms with Crippen molar-refractivity contribution in [2.75, 3.05) is 18.5 Å². The number of hydrogen-bond acceptors (Lipinski definition) is 4. The summed E-state index contributed by atoms with van der Waals surface area (Å²) in [6.45, 7) is 1.13. The van der Waals surface area contributed by atoms with Crippen LogP contribution in [0.3, 0.4) is 0 Å². The van der Waals surface area contributed by atoms with Crippen LogP contribution in [0, 0.1) is 0 Å². The van der Waals surface area contributed by atoms with Gasteiger partial charge >= 0.3 is 6.09 Å². The van der Waals surface area contributed by atoms with Crippen LogP contribution in [0.15, 0.2) is 24.3 Å². The van der Waals surface area contributed by atoms with Crippen molar-refractivity contribution in [1.29, 1.82) is 0 Å². The molecule has 3 N–H and O–H groups in total. The Morgan fingerprint density at radius 2 is 2.20 bits per heavy atom. The summed E-state index contributed by atoms with van der Waals surface area (Å²) in [4.78, 5) is 24.6. The molecule has 0 bridgehead atoms. The zero-order chi connectivity index (χ0) is 14.1. The topological polar surface area (TPSA) is 84.7 Å². The first kappa shape index (κ1) is 12.8. The van der Waals surface area contributed by atoms with E-state index in [1.807, 2.05) is 12.1 Å². The molecule has 6 heteroatoms. The number of benzene rings is 1. The number of amides is 2. The molecule has 6 nitrogen and oxygen atoms in total. The number of rotatable bonds is 3. The van der Waals surface area contributed by atoms with Gasteiger partial charge in [-0.2, -0.15) is 0 Å². The van der Waals surface area contributed by atoms with Gasteiger partial charge in [0.25, 0.3) is 5.91 Å². The first-order chi connectivity index (χ1) is 9.65. The molecule has 0 aliphatic carbocycles. The predicted octanol–water partition coefficient (Wildman–Crippen LogP) is 1.18. The van der Waals surface area contributed by atoms with E-state index in [1.54, 1.807) is 17.0 Å². The molecule has 0 aromatic heterocycles. The maximum Gasteiger partial charge on any atom is 0.410 e. The Morgan fingerprint density at radius 1 is 1.40 bits per heavy atom. The zero-order valence-corrected chi connectivity index (χ0v) is 11.0. The van der Waals surface area contributed by atoms with Crippen LogP contribution in [-0.2, 0) is 4.74 Å². The number of anilines is 1. The number of nitrogens with one attached hydrogen (secondary N) is 1. The van der Waals surface area contributed by atoms with Crippen LogP contribution >= 0.6 is 0 Å². The third kappa shape index (κ3) is 2.29. The van der Waals surface area contributed by atoms with Gasteiger partial charge in [0.2, 0.25) is 0 Å². The molecule has 2 heterocycles. The number of fused-ring (bicyclic) bond motifs is 1. The molecule has 3 rings (SSSR count). The summed E-state index contributed by atoms with van der Waals surface area (Å²) in [6, 6.07) is 7.56. The van der Waals surface area contributed by atoms with Crippen LogP contribution < -0.4 is 11.1 Å². The molecule has 1 aromatic carbocycles. The van der Waals surface area contributed by atoms with Crippen molar-refractivity contribution in [1.82, 2.24) is 4.90 Å². The van der Waals surface area contributed by atoms with Crippen molar-refractivity contribution in [3.05, 3.63) is 29.8 Å². The smallest absolute Gasteiger partial charge is 0.410 e. The van der Waals surface area contributed by atoms with Crippen molar-refractivity contribution >= 4 is 17.7 Å². The number of ether oxygens (including phenoxy) is 1. The van der Waals surface area contributed by atoms with E-state index in [2.05, 4.69) is 5.32 Å². The number of carbonyl (C=O) groups is 2. The summed E-state index contributed by atoms with van der Waals surface area (Å²) in [5.41, 5.74) is 6.62. The molecule has 2 aliphatic heterocycles. The average Bonchev–Trinajstić information content (AvgIpc) is 2.80. The highest BCUT2D eigenvalue weighted by molar-refractivity contribution is 5.98. The maximum absolute atomic E-state index is 11.4. The summed E-state index contributed by atoms with van der Waals surface area (Å²) in [5.74, 6) is -0.440. The van der Waals surface area contributed by atoms with E-state index in [-0.39, 0.29) is 18.2 Å². The third-order valence-electron chi connectivity index (χ3n) is 3.90. The minimum atomic E-state index is -0.440. The van der Waals surface area contributed by atoms with Crippen LogP contribution in [0.25, 0.3) is 0 Å². The Labute approximate surface area is 116 Å². The van der Waals surface area contributed by atoms with Crippen LogP contribution in [0.2, 0.25) is 0 Å². The van der Waals surface area contributed by atoms with Crippen molar-refractivity contribution in [2.24, 2.45) is 5.73 Å². The quantitative estimate of drug-likeness (QED) is 0.867. The maximum atomic E-state index is 11.4. The Hall–Kier alpha value is -2.24. The predicted molar refractivity (Wildman–Crippen MR) is 73.4 cm³/mol. The molecular weight excluding hydrogens is 258 g/mol. The molecule has 0 saturated carbocycles. The monoisotopic (exact) mass is 275 g/mol. The molecule has 2 saturated heterocycles. The number of hydrogen-bond donors (Lipinski definition) is 2. The minimum absolute atomic E-state index is 0.134. The van der Waals surface area contributed by atoms with E-state index in [4.69, 9.17) is 10.5 Å². The second kappa shape index (κ2) is 5.03. The van der Waals surface area contributed by atoms with Crippen LogP contribution in [-0.4, -0.2) is 42.1 Å². The minimum Gasteiger partial charge on any atom is -0.447 e. The number of para-hydroxylation sites is 1. The van der Waals surface area contributed by atoms with Gasteiger partial charge in [-0.15, -0.1) is 0 Å². The fraction of sp³-hybridized carbons (Fsp3) is 0.429. The van der Waals surface area contributed by atoms with Gasteiger partial charge < -0.3 is 20.7 Å². The standard InChI is InChI=1S/C14H17N3O3/c15-13(18)11-3-1-2-4-12(11)16-9-5-6-17-10(7-9)8-20-14(17)19/h1-4,9-10,16H,5-8H2,(H2,15,18)/t9-,10-/m0/s1. The van der Waals surface area contributed by atoms with E-state index < -0.39 is 5.91 Å². The second-order valence-electron chi connectivity index (χ2n) is 5.20. The summed E-state index contributed by atoms with van der Waals surface area (Å²) in [6.07, 6.45) is 1.43. The van der Waals surface area contributed by atoms with Gasteiger partial charge in [-0.3, -0.25) is 4.79 Å². The molecule has 2 atom stereocenters. The van der Waals surface area contributed by atoms with E-state index in [9.17, 15) is 9.59 Å². The molecule has 20 heavy (non-hydrogen) atoms. The lowest BCUT2D eigenvalue weighted by molar-refractivity contribution is 0.100.